The summed E-state index contributed by atoms with van der Waals surface area (Å²) in [6, 6.07) is 0. The van der Waals surface area contributed by atoms with E-state index < -0.39 is 16.8 Å². The van der Waals surface area contributed by atoms with E-state index in [2.05, 4.69) is 10.2 Å². The second kappa shape index (κ2) is 5.03. The molecule has 0 amide bonds. The molecular weight excluding hydrogens is 280 g/mol. The summed E-state index contributed by atoms with van der Waals surface area (Å²) in [5.41, 5.74) is -0.155. The van der Waals surface area contributed by atoms with E-state index >= 15 is 0 Å². The fourth-order valence-corrected chi connectivity index (χ4v) is 3.05. The number of nitrogens with zero attached hydrogens (tertiary/aromatic N) is 4. The Morgan fingerprint density at radius 1 is 1.50 bits per heavy atom. The summed E-state index contributed by atoms with van der Waals surface area (Å²) in [6.07, 6.45) is -0.779. The number of hydrogen-bond donors (Lipinski definition) is 0. The average molecular weight is 300 g/mol. The molecule has 2 atom stereocenters. The van der Waals surface area contributed by atoms with Gasteiger partial charge in [0.15, 0.2) is 0 Å². The highest BCUT2D eigenvalue weighted by atomic mass is 32.1. The summed E-state index contributed by atoms with van der Waals surface area (Å²) in [6.45, 7) is 7.97. The largest absolute Gasteiger partial charge is 0.622 e. The Morgan fingerprint density at radius 3 is 2.65 bits per heavy atom. The number of likely N-dealkylation sites (N-methyl/N-ethyl adjacent to an activating group) is 1. The van der Waals surface area contributed by atoms with Crippen LogP contribution in [0, 0.1) is 5.21 Å². The lowest BCUT2D eigenvalue weighted by molar-refractivity contribution is -0.150. The molecule has 1 aromatic heterocycles. The van der Waals surface area contributed by atoms with Gasteiger partial charge in [0.25, 0.3) is 6.23 Å². The van der Waals surface area contributed by atoms with Gasteiger partial charge in [0, 0.05) is 12.3 Å². The van der Waals surface area contributed by atoms with Crippen molar-refractivity contribution in [2.45, 2.75) is 39.3 Å². The van der Waals surface area contributed by atoms with Crippen LogP contribution in [0.1, 0.15) is 32.7 Å². The highest BCUT2D eigenvalue weighted by molar-refractivity contribution is 7.15. The van der Waals surface area contributed by atoms with Gasteiger partial charge in [-0.15, -0.1) is 5.10 Å². The summed E-state index contributed by atoms with van der Waals surface area (Å²) < 4.78 is 4.39. The zero-order chi connectivity index (χ0) is 15.1. The molecule has 112 valence electrons. The van der Waals surface area contributed by atoms with Crippen LogP contribution in [0.4, 0.5) is 5.13 Å². The zero-order valence-electron chi connectivity index (χ0n) is 12.4. The summed E-state index contributed by atoms with van der Waals surface area (Å²) >= 11 is 1.29. The molecule has 0 saturated carbocycles. The smallest absolute Gasteiger partial charge is 0.310 e. The average Bonchev–Trinajstić information content (AvgIpc) is 2.84. The first-order valence-corrected chi connectivity index (χ1v) is 7.23. The first-order valence-electron chi connectivity index (χ1n) is 6.42. The highest BCUT2D eigenvalue weighted by Crippen LogP contribution is 2.37. The van der Waals surface area contributed by atoms with Crippen LogP contribution in [0.3, 0.4) is 0 Å². The Labute approximate surface area is 122 Å². The maximum absolute atomic E-state index is 13.0. The molecule has 1 fully saturated rings. The van der Waals surface area contributed by atoms with Crippen molar-refractivity contribution < 1.29 is 9.53 Å². The second-order valence-corrected chi connectivity index (χ2v) is 7.14. The number of carbonyl (C=O) groups excluding carboxylic acids is 1. The summed E-state index contributed by atoms with van der Waals surface area (Å²) in [5.74, 6) is -0.454. The Hall–Kier alpha value is -1.09. The van der Waals surface area contributed by atoms with Gasteiger partial charge in [-0.25, -0.2) is 4.90 Å². The molecule has 1 aliphatic heterocycles. The van der Waals surface area contributed by atoms with Gasteiger partial charge in [0.05, 0.1) is 6.54 Å². The lowest BCUT2D eigenvalue weighted by atomic mass is 9.98. The summed E-state index contributed by atoms with van der Waals surface area (Å²) in [7, 11) is 1.82. The third-order valence-corrected chi connectivity index (χ3v) is 4.53. The fraction of sp³-hybridized carbons (Fsp3) is 0.750. The number of hydrogen-bond acceptors (Lipinski definition) is 7. The van der Waals surface area contributed by atoms with Crippen molar-refractivity contribution in [1.29, 1.82) is 0 Å². The summed E-state index contributed by atoms with van der Waals surface area (Å²) in [4.78, 5) is 13.0. The standard InChI is InChI=1S/C12H20N4O3S/c1-8(17)19-9-6-15(5)7-16(9,18)11-14-13-10(20-11)12(2,3)4/h9H,6-7H2,1-5H3. The van der Waals surface area contributed by atoms with Crippen LogP contribution >= 0.6 is 11.3 Å². The van der Waals surface area contributed by atoms with Gasteiger partial charge >= 0.3 is 11.1 Å². The highest BCUT2D eigenvalue weighted by Gasteiger charge is 2.45. The third-order valence-electron chi connectivity index (χ3n) is 3.07. The zero-order valence-corrected chi connectivity index (χ0v) is 13.2. The number of quaternary nitrogens is 1. The fourth-order valence-electron chi connectivity index (χ4n) is 2.08. The van der Waals surface area contributed by atoms with Crippen molar-refractivity contribution in [3.63, 3.8) is 0 Å². The monoisotopic (exact) mass is 300 g/mol. The van der Waals surface area contributed by atoms with Crippen molar-refractivity contribution in [3.05, 3.63) is 10.2 Å². The van der Waals surface area contributed by atoms with Crippen molar-refractivity contribution in [3.8, 4) is 0 Å². The van der Waals surface area contributed by atoms with E-state index in [1.54, 1.807) is 0 Å². The summed E-state index contributed by atoms with van der Waals surface area (Å²) in [5, 5.41) is 22.3. The van der Waals surface area contributed by atoms with E-state index in [0.29, 0.717) is 11.7 Å². The molecule has 2 rings (SSSR count). The van der Waals surface area contributed by atoms with Crippen LogP contribution in [-0.4, -0.2) is 47.6 Å². The number of ether oxygens (including phenoxy) is 1. The second-order valence-electron chi connectivity index (χ2n) is 6.18. The molecule has 20 heavy (non-hydrogen) atoms. The minimum Gasteiger partial charge on any atom is -0.622 e. The van der Waals surface area contributed by atoms with Gasteiger partial charge in [0.1, 0.15) is 11.7 Å². The van der Waals surface area contributed by atoms with Gasteiger partial charge in [-0.3, -0.25) is 9.44 Å². The van der Waals surface area contributed by atoms with E-state index in [-0.39, 0.29) is 12.1 Å². The van der Waals surface area contributed by atoms with Crippen LogP contribution < -0.4 is 4.65 Å². The molecule has 8 heteroatoms. The van der Waals surface area contributed by atoms with Crippen molar-refractivity contribution in [1.82, 2.24) is 19.7 Å². The molecule has 1 saturated heterocycles. The molecular formula is C12H20N4O3S. The van der Waals surface area contributed by atoms with Gasteiger partial charge in [0.2, 0.25) is 0 Å². The molecule has 0 aliphatic carbocycles. The van der Waals surface area contributed by atoms with E-state index in [4.69, 9.17) is 4.74 Å². The Balaban J connectivity index is 2.32. The molecule has 0 aromatic carbocycles. The first kappa shape index (κ1) is 15.3. The van der Waals surface area contributed by atoms with Crippen LogP contribution in [0.25, 0.3) is 0 Å². The van der Waals surface area contributed by atoms with Crippen LogP contribution in [0.15, 0.2) is 0 Å². The minimum atomic E-state index is -0.779. The van der Waals surface area contributed by atoms with Gasteiger partial charge < -0.3 is 9.94 Å². The molecule has 7 nitrogen and oxygen atoms in total. The number of aromatic nitrogens is 2. The molecule has 0 radical (unpaired) electrons. The van der Waals surface area contributed by atoms with Crippen LogP contribution in [-0.2, 0) is 14.9 Å². The van der Waals surface area contributed by atoms with Gasteiger partial charge in [-0.2, -0.15) is 0 Å². The van der Waals surface area contributed by atoms with Crippen LogP contribution in [0.2, 0.25) is 0 Å². The van der Waals surface area contributed by atoms with E-state index in [1.165, 1.54) is 18.3 Å². The molecule has 1 aliphatic rings. The molecule has 2 heterocycles. The quantitative estimate of drug-likeness (QED) is 0.467. The number of rotatable bonds is 2. The molecule has 0 N–H and O–H groups in total. The molecule has 0 spiro atoms. The predicted octanol–water partition coefficient (Wildman–Crippen LogP) is 1.43. The third kappa shape index (κ3) is 2.83. The predicted molar refractivity (Wildman–Crippen MR) is 76.8 cm³/mol. The lowest BCUT2D eigenvalue weighted by Gasteiger charge is -2.38. The first-order chi connectivity index (χ1) is 9.13. The van der Waals surface area contributed by atoms with Crippen LogP contribution in [0.5, 0.6) is 0 Å². The van der Waals surface area contributed by atoms with E-state index in [9.17, 15) is 10.0 Å². The van der Waals surface area contributed by atoms with E-state index in [0.717, 1.165) is 5.01 Å². The van der Waals surface area contributed by atoms with Crippen molar-refractivity contribution in [2.24, 2.45) is 0 Å². The Morgan fingerprint density at radius 2 is 2.15 bits per heavy atom. The van der Waals surface area contributed by atoms with E-state index in [1.807, 2.05) is 32.7 Å². The Kier molecular flexibility index (Phi) is 3.85. The topological polar surface area (TPSA) is 78.4 Å². The number of esters is 1. The maximum atomic E-state index is 13.0. The molecule has 1 aromatic rings. The SMILES string of the molecule is CC(=O)OC1CN(C)C[N+]1([O-])c1nnc(C(C)(C)C)s1. The minimum absolute atomic E-state index is 0.155. The number of hydroxylamine groups is 2. The molecule has 2 unspecified atom stereocenters. The van der Waals surface area contributed by atoms with Gasteiger partial charge in [-0.1, -0.05) is 25.9 Å². The van der Waals surface area contributed by atoms with Gasteiger partial charge in [-0.05, 0) is 18.4 Å². The van der Waals surface area contributed by atoms with Crippen molar-refractivity contribution >= 4 is 22.4 Å². The lowest BCUT2D eigenvalue weighted by Crippen LogP contribution is -2.50. The maximum Gasteiger partial charge on any atom is 0.310 e. The molecule has 0 bridgehead atoms. The van der Waals surface area contributed by atoms with Crippen molar-refractivity contribution in [2.75, 3.05) is 20.3 Å². The normalized spacial score (nSPS) is 27.8. The Bertz CT molecular complexity index is 513. The number of carbonyl (C=O) groups is 1.